The Kier molecular flexibility index (Phi) is 7.45. The predicted molar refractivity (Wildman–Crippen MR) is 151 cm³/mol. The van der Waals surface area contributed by atoms with E-state index in [0.29, 0.717) is 57.3 Å². The van der Waals surface area contributed by atoms with E-state index in [1.165, 1.54) is 23.3 Å². The van der Waals surface area contributed by atoms with Gasteiger partial charge in [0.25, 0.3) is 5.78 Å². The maximum Gasteiger partial charge on any atom is 0.301 e. The average Bonchev–Trinajstić information content (AvgIpc) is 3.47. The van der Waals surface area contributed by atoms with Crippen molar-refractivity contribution < 1.29 is 28.9 Å². The number of ether oxygens (including phenoxy) is 3. The summed E-state index contributed by atoms with van der Waals surface area (Å²) in [4.78, 5) is 33.0. The Morgan fingerprint density at radius 2 is 1.74 bits per heavy atom. The van der Waals surface area contributed by atoms with Gasteiger partial charge in [-0.1, -0.05) is 29.0 Å². The average molecular weight is 565 g/mol. The standard InChI is InChI=1S/C29H25ClN2O6S/c1-4-37-19-11-12-20-23(15-19)39-29(31-20)32-25(17-8-13-21(38-5-2)22(14-17)36-3)24(27(34)28(32)35)26(33)16-6-9-18(30)10-7-16/h6-15,25,33H,4-5H2,1-3H3. The molecule has 0 saturated carbocycles. The second kappa shape index (κ2) is 11.0. The topological polar surface area (TPSA) is 98.2 Å². The van der Waals surface area contributed by atoms with Crippen LogP contribution >= 0.6 is 22.9 Å². The van der Waals surface area contributed by atoms with Crippen LogP contribution in [0.25, 0.3) is 16.0 Å². The predicted octanol–water partition coefficient (Wildman–Crippen LogP) is 6.38. The maximum atomic E-state index is 13.6. The second-order valence-electron chi connectivity index (χ2n) is 8.58. The van der Waals surface area contributed by atoms with Gasteiger partial charge in [0.15, 0.2) is 16.6 Å². The molecule has 0 bridgehead atoms. The first-order chi connectivity index (χ1) is 18.9. The van der Waals surface area contributed by atoms with E-state index in [1.807, 2.05) is 19.9 Å². The monoisotopic (exact) mass is 564 g/mol. The van der Waals surface area contributed by atoms with E-state index in [-0.39, 0.29) is 11.3 Å². The Hall–Kier alpha value is -4.08. The van der Waals surface area contributed by atoms with Crippen molar-refractivity contribution in [3.05, 3.63) is 82.4 Å². The summed E-state index contributed by atoms with van der Waals surface area (Å²) >= 11 is 7.29. The molecule has 0 aliphatic carbocycles. The molecule has 0 spiro atoms. The molecule has 5 rings (SSSR count). The molecule has 8 nitrogen and oxygen atoms in total. The summed E-state index contributed by atoms with van der Waals surface area (Å²) < 4.78 is 17.6. The highest BCUT2D eigenvalue weighted by molar-refractivity contribution is 7.22. The van der Waals surface area contributed by atoms with Crippen molar-refractivity contribution >= 4 is 55.7 Å². The van der Waals surface area contributed by atoms with Crippen LogP contribution in [0.5, 0.6) is 17.2 Å². The molecule has 0 radical (unpaired) electrons. The quantitative estimate of drug-likeness (QED) is 0.150. The Morgan fingerprint density at radius 3 is 2.44 bits per heavy atom. The van der Waals surface area contributed by atoms with E-state index in [2.05, 4.69) is 4.98 Å². The number of hydrogen-bond donors (Lipinski definition) is 1. The third kappa shape index (κ3) is 4.91. The van der Waals surface area contributed by atoms with E-state index < -0.39 is 17.7 Å². The smallest absolute Gasteiger partial charge is 0.301 e. The van der Waals surface area contributed by atoms with Gasteiger partial charge in [-0.25, -0.2) is 4.98 Å². The summed E-state index contributed by atoms with van der Waals surface area (Å²) in [7, 11) is 1.51. The summed E-state index contributed by atoms with van der Waals surface area (Å²) in [6.45, 7) is 4.70. The fourth-order valence-electron chi connectivity index (χ4n) is 4.49. The van der Waals surface area contributed by atoms with Gasteiger partial charge >= 0.3 is 5.91 Å². The zero-order chi connectivity index (χ0) is 27.7. The number of Topliss-reactive ketones (excluding diaryl/α,β-unsaturated/α-hetero) is 1. The minimum Gasteiger partial charge on any atom is -0.507 e. The molecule has 3 aromatic carbocycles. The number of carbonyl (C=O) groups excluding carboxylic acids is 2. The van der Waals surface area contributed by atoms with Gasteiger partial charge in [0.1, 0.15) is 11.5 Å². The second-order valence-corrected chi connectivity index (χ2v) is 10.0. The number of benzene rings is 3. The number of anilines is 1. The zero-order valence-electron chi connectivity index (χ0n) is 21.4. The number of methoxy groups -OCH3 is 1. The van der Waals surface area contributed by atoms with Gasteiger partial charge < -0.3 is 19.3 Å². The number of nitrogens with zero attached hydrogens (tertiary/aromatic N) is 2. The minimum absolute atomic E-state index is 0.0669. The Balaban J connectivity index is 1.71. The highest BCUT2D eigenvalue weighted by atomic mass is 35.5. The lowest BCUT2D eigenvalue weighted by atomic mass is 9.95. The van der Waals surface area contributed by atoms with Crippen molar-refractivity contribution in [3.63, 3.8) is 0 Å². The van der Waals surface area contributed by atoms with E-state index in [4.69, 9.17) is 25.8 Å². The minimum atomic E-state index is -0.975. The summed E-state index contributed by atoms with van der Waals surface area (Å²) in [6, 6.07) is 16.0. The molecule has 1 aliphatic heterocycles. The normalized spacial score (nSPS) is 16.6. The maximum absolute atomic E-state index is 13.6. The number of thiazole rings is 1. The lowest BCUT2D eigenvalue weighted by molar-refractivity contribution is -0.132. The van der Waals surface area contributed by atoms with Gasteiger partial charge in [-0.2, -0.15) is 0 Å². The molecule has 1 unspecified atom stereocenters. The fourth-order valence-corrected chi connectivity index (χ4v) is 5.64. The first-order valence-electron chi connectivity index (χ1n) is 12.3. The van der Waals surface area contributed by atoms with Crippen LogP contribution < -0.4 is 19.1 Å². The molecule has 4 aromatic rings. The molecule has 1 fully saturated rings. The van der Waals surface area contributed by atoms with Crippen LogP contribution in [0.15, 0.2) is 66.2 Å². The van der Waals surface area contributed by atoms with Gasteiger partial charge in [0.05, 0.1) is 42.2 Å². The first-order valence-corrected chi connectivity index (χ1v) is 13.5. The summed E-state index contributed by atoms with van der Waals surface area (Å²) in [5.74, 6) is -0.316. The van der Waals surface area contributed by atoms with Crippen LogP contribution in [0, 0.1) is 0 Å². The summed E-state index contributed by atoms with van der Waals surface area (Å²) in [6.07, 6.45) is 0. The molecule has 1 saturated heterocycles. The number of aliphatic hydroxyl groups is 1. The number of fused-ring (bicyclic) bond motifs is 1. The SMILES string of the molecule is CCOc1ccc2nc(N3C(=O)C(=O)C(=C(O)c4ccc(Cl)cc4)C3c3ccc(OCC)c(OC)c3)sc2c1. The Morgan fingerprint density at radius 1 is 1.00 bits per heavy atom. The number of amides is 1. The van der Waals surface area contributed by atoms with Crippen LogP contribution in [-0.4, -0.2) is 42.1 Å². The van der Waals surface area contributed by atoms with Gasteiger partial charge in [0.2, 0.25) is 0 Å². The Bertz CT molecular complexity index is 1600. The molecule has 1 aliphatic rings. The van der Waals surface area contributed by atoms with Crippen molar-refractivity contribution in [2.45, 2.75) is 19.9 Å². The molecule has 39 heavy (non-hydrogen) atoms. The van der Waals surface area contributed by atoms with Gasteiger partial charge in [-0.3, -0.25) is 14.5 Å². The van der Waals surface area contributed by atoms with Crippen LogP contribution in [-0.2, 0) is 9.59 Å². The molecule has 1 aromatic heterocycles. The third-order valence-corrected chi connectivity index (χ3v) is 7.50. The van der Waals surface area contributed by atoms with Crippen LogP contribution in [0.4, 0.5) is 5.13 Å². The number of carbonyl (C=O) groups is 2. The lowest BCUT2D eigenvalue weighted by Gasteiger charge is -2.24. The molecular formula is C29H25ClN2O6S. The van der Waals surface area contributed by atoms with E-state index in [0.717, 1.165) is 4.70 Å². The Labute approximate surface area is 234 Å². The molecular weight excluding hydrogens is 540 g/mol. The van der Waals surface area contributed by atoms with Crippen molar-refractivity contribution in [1.82, 2.24) is 4.98 Å². The summed E-state index contributed by atoms with van der Waals surface area (Å²) in [5.41, 5.74) is 1.48. The van der Waals surface area contributed by atoms with E-state index >= 15 is 0 Å². The van der Waals surface area contributed by atoms with Crippen LogP contribution in [0.1, 0.15) is 31.0 Å². The lowest BCUT2D eigenvalue weighted by Crippen LogP contribution is -2.29. The highest BCUT2D eigenvalue weighted by Gasteiger charge is 2.48. The van der Waals surface area contributed by atoms with Gasteiger partial charge in [0, 0.05) is 10.6 Å². The molecule has 1 amide bonds. The number of aliphatic hydroxyl groups excluding tert-OH is 1. The van der Waals surface area contributed by atoms with Crippen molar-refractivity contribution in [3.8, 4) is 17.2 Å². The van der Waals surface area contributed by atoms with Gasteiger partial charge in [-0.15, -0.1) is 0 Å². The number of hydrogen-bond acceptors (Lipinski definition) is 8. The molecule has 200 valence electrons. The van der Waals surface area contributed by atoms with Crippen LogP contribution in [0.2, 0.25) is 5.02 Å². The first kappa shape index (κ1) is 26.5. The van der Waals surface area contributed by atoms with E-state index in [9.17, 15) is 14.7 Å². The third-order valence-electron chi connectivity index (χ3n) is 6.23. The zero-order valence-corrected chi connectivity index (χ0v) is 23.0. The fraction of sp³-hybridized carbons (Fsp3) is 0.207. The number of aromatic nitrogens is 1. The van der Waals surface area contributed by atoms with Crippen molar-refractivity contribution in [1.29, 1.82) is 0 Å². The molecule has 1 N–H and O–H groups in total. The van der Waals surface area contributed by atoms with Crippen molar-refractivity contribution in [2.75, 3.05) is 25.2 Å². The number of halogens is 1. The van der Waals surface area contributed by atoms with Gasteiger partial charge in [-0.05, 0) is 74.0 Å². The largest absolute Gasteiger partial charge is 0.507 e. The molecule has 2 heterocycles. The van der Waals surface area contributed by atoms with Crippen molar-refractivity contribution in [2.24, 2.45) is 0 Å². The molecule has 10 heteroatoms. The van der Waals surface area contributed by atoms with Crippen LogP contribution in [0.3, 0.4) is 0 Å². The van der Waals surface area contributed by atoms with E-state index in [1.54, 1.807) is 54.6 Å². The number of ketones is 1. The highest BCUT2D eigenvalue weighted by Crippen LogP contribution is 2.46. The molecule has 1 atom stereocenters. The summed E-state index contributed by atoms with van der Waals surface area (Å²) in [5, 5.41) is 12.1. The number of rotatable bonds is 8.